The summed E-state index contributed by atoms with van der Waals surface area (Å²) in [6, 6.07) is 0. The van der Waals surface area contributed by atoms with Crippen molar-refractivity contribution in [3.05, 3.63) is 65.3 Å². The summed E-state index contributed by atoms with van der Waals surface area (Å²) < 4.78 is 0. The molecule has 4 fully saturated rings. The number of nitrogens with zero attached hydrogens (tertiary/aromatic N) is 1. The lowest BCUT2D eigenvalue weighted by molar-refractivity contribution is 0.0862. The minimum absolute atomic E-state index is 0.233. The van der Waals surface area contributed by atoms with Crippen LogP contribution in [-0.2, 0) is 11.8 Å². The van der Waals surface area contributed by atoms with Gasteiger partial charge in [-0.05, 0) is 92.1 Å². The SMILES string of the molecule is C=C1/C(=C\C=C2/CCC[C@]3(C)[C@@H]([C@H](C)/C=C/[C@@H](O)C4(c5ncc(CCC)[nH]5)CC4)CC[C@@H]23)C[C@@H](O)C[C@@H]1O. The summed E-state index contributed by atoms with van der Waals surface area (Å²) in [5, 5.41) is 31.6. The highest BCUT2D eigenvalue weighted by Gasteiger charge is 2.53. The Labute approximate surface area is 228 Å². The molecular formula is C33H48N2O3. The van der Waals surface area contributed by atoms with Crippen molar-refractivity contribution in [3.63, 3.8) is 0 Å². The van der Waals surface area contributed by atoms with Gasteiger partial charge in [0.2, 0.25) is 0 Å². The zero-order valence-corrected chi connectivity index (χ0v) is 23.6. The average molecular weight is 521 g/mol. The molecule has 0 bridgehead atoms. The molecule has 0 unspecified atom stereocenters. The van der Waals surface area contributed by atoms with Crippen LogP contribution in [0.2, 0.25) is 0 Å². The van der Waals surface area contributed by atoms with Crippen LogP contribution in [0.1, 0.15) is 96.5 Å². The van der Waals surface area contributed by atoms with E-state index in [9.17, 15) is 15.3 Å². The highest BCUT2D eigenvalue weighted by Crippen LogP contribution is 2.59. The molecule has 1 heterocycles. The first kappa shape index (κ1) is 27.6. The van der Waals surface area contributed by atoms with Crippen molar-refractivity contribution in [2.45, 2.75) is 115 Å². The quantitative estimate of drug-likeness (QED) is 0.312. The van der Waals surface area contributed by atoms with Crippen LogP contribution in [0.3, 0.4) is 0 Å². The highest BCUT2D eigenvalue weighted by atomic mass is 16.3. The summed E-state index contributed by atoms with van der Waals surface area (Å²) in [7, 11) is 0. The number of imidazole rings is 1. The van der Waals surface area contributed by atoms with Crippen LogP contribution in [0.15, 0.2) is 53.8 Å². The molecule has 0 spiro atoms. The predicted octanol–water partition coefficient (Wildman–Crippen LogP) is 6.09. The van der Waals surface area contributed by atoms with Crippen LogP contribution in [-0.4, -0.2) is 43.6 Å². The zero-order valence-electron chi connectivity index (χ0n) is 23.6. The first-order valence-electron chi connectivity index (χ1n) is 15.0. The second kappa shape index (κ2) is 10.9. The molecule has 4 aliphatic carbocycles. The van der Waals surface area contributed by atoms with Crippen LogP contribution in [0.4, 0.5) is 0 Å². The van der Waals surface area contributed by atoms with Gasteiger partial charge in [0.05, 0.1) is 23.7 Å². The van der Waals surface area contributed by atoms with Gasteiger partial charge in [-0.3, -0.25) is 0 Å². The Balaban J connectivity index is 1.27. The van der Waals surface area contributed by atoms with E-state index in [1.165, 1.54) is 37.0 Å². The number of aromatic amines is 1. The summed E-state index contributed by atoms with van der Waals surface area (Å²) in [4.78, 5) is 8.12. The van der Waals surface area contributed by atoms with Crippen molar-refractivity contribution in [2.24, 2.45) is 23.2 Å². The van der Waals surface area contributed by atoms with Gasteiger partial charge in [0, 0.05) is 18.3 Å². The molecule has 0 amide bonds. The number of allylic oxidation sites excluding steroid dienone is 4. The molecule has 4 saturated carbocycles. The Hall–Kier alpha value is -1.95. The number of aromatic nitrogens is 2. The maximum Gasteiger partial charge on any atom is 0.115 e. The van der Waals surface area contributed by atoms with E-state index in [0.29, 0.717) is 30.6 Å². The van der Waals surface area contributed by atoms with E-state index < -0.39 is 18.3 Å². The van der Waals surface area contributed by atoms with Crippen molar-refractivity contribution in [2.75, 3.05) is 0 Å². The normalized spacial score (nSPS) is 36.6. The third kappa shape index (κ3) is 5.14. The number of hydrogen-bond donors (Lipinski definition) is 4. The summed E-state index contributed by atoms with van der Waals surface area (Å²) in [6.07, 6.45) is 20.1. The van der Waals surface area contributed by atoms with Gasteiger partial charge in [-0.15, -0.1) is 0 Å². The van der Waals surface area contributed by atoms with Gasteiger partial charge < -0.3 is 20.3 Å². The molecule has 208 valence electrons. The molecule has 0 radical (unpaired) electrons. The fraction of sp³-hybridized carbons (Fsp3) is 0.667. The number of rotatable bonds is 8. The number of aliphatic hydroxyl groups excluding tert-OH is 3. The lowest BCUT2D eigenvalue weighted by Gasteiger charge is -2.44. The molecule has 5 heteroatoms. The zero-order chi connectivity index (χ0) is 27.1. The topological polar surface area (TPSA) is 89.4 Å². The molecule has 38 heavy (non-hydrogen) atoms. The number of aryl methyl sites for hydroxylation is 1. The van der Waals surface area contributed by atoms with Crippen LogP contribution in [0.5, 0.6) is 0 Å². The molecule has 5 nitrogen and oxygen atoms in total. The van der Waals surface area contributed by atoms with Gasteiger partial charge in [0.1, 0.15) is 5.82 Å². The van der Waals surface area contributed by atoms with Crippen molar-refractivity contribution < 1.29 is 15.3 Å². The number of aliphatic hydroxyl groups is 3. The maximum absolute atomic E-state index is 11.2. The lowest BCUT2D eigenvalue weighted by Crippen LogP contribution is -2.35. The van der Waals surface area contributed by atoms with Gasteiger partial charge in [-0.25, -0.2) is 4.98 Å². The fourth-order valence-electron chi connectivity index (χ4n) is 8.02. The fourth-order valence-corrected chi connectivity index (χ4v) is 8.02. The smallest absolute Gasteiger partial charge is 0.115 e. The van der Waals surface area contributed by atoms with Crippen LogP contribution in [0.25, 0.3) is 0 Å². The van der Waals surface area contributed by atoms with Crippen molar-refractivity contribution in [1.29, 1.82) is 0 Å². The average Bonchev–Trinajstić information content (AvgIpc) is 3.42. The molecule has 4 N–H and O–H groups in total. The van der Waals surface area contributed by atoms with E-state index in [-0.39, 0.29) is 10.8 Å². The molecule has 5 rings (SSSR count). The lowest BCUT2D eigenvalue weighted by atomic mass is 9.61. The Morgan fingerprint density at radius 1 is 1.18 bits per heavy atom. The number of nitrogens with one attached hydrogen (secondary N) is 1. The van der Waals surface area contributed by atoms with E-state index in [1.54, 1.807) is 0 Å². The van der Waals surface area contributed by atoms with Gasteiger partial charge in [-0.1, -0.05) is 63.6 Å². The van der Waals surface area contributed by atoms with E-state index in [1.807, 2.05) is 6.20 Å². The van der Waals surface area contributed by atoms with E-state index in [0.717, 1.165) is 49.1 Å². The van der Waals surface area contributed by atoms with Gasteiger partial charge in [0.25, 0.3) is 0 Å². The standard InChI is InChI=1S/C33H48N2O3/c1-5-7-25-20-34-31(35-25)33(16-17-33)30(38)14-9-21(2)27-12-13-28-23(8-6-15-32(27,28)4)10-11-24-18-26(36)19-29(37)22(24)3/h9-11,14,20-21,26-30,36-38H,3,5-8,12-13,15-19H2,1-2,4H3,(H,34,35)/b14-9+,23-10+,24-11-/t21-,26-,27-,28+,29+,30-,32-/m1/s1. The largest absolute Gasteiger partial charge is 0.393 e. The van der Waals surface area contributed by atoms with Gasteiger partial charge in [-0.2, -0.15) is 0 Å². The second-order valence-electron chi connectivity index (χ2n) is 13.0. The van der Waals surface area contributed by atoms with E-state index in [4.69, 9.17) is 0 Å². The maximum atomic E-state index is 11.2. The van der Waals surface area contributed by atoms with Gasteiger partial charge >= 0.3 is 0 Å². The van der Waals surface area contributed by atoms with Gasteiger partial charge in [0.15, 0.2) is 0 Å². The predicted molar refractivity (Wildman–Crippen MR) is 153 cm³/mol. The molecule has 7 atom stereocenters. The summed E-state index contributed by atoms with van der Waals surface area (Å²) in [5.74, 6) is 2.52. The monoisotopic (exact) mass is 520 g/mol. The third-order valence-electron chi connectivity index (χ3n) is 10.5. The Morgan fingerprint density at radius 3 is 2.71 bits per heavy atom. The molecule has 1 aromatic rings. The molecule has 0 aromatic carbocycles. The summed E-state index contributed by atoms with van der Waals surface area (Å²) >= 11 is 0. The summed E-state index contributed by atoms with van der Waals surface area (Å²) in [5.41, 5.74) is 4.46. The van der Waals surface area contributed by atoms with E-state index >= 15 is 0 Å². The minimum atomic E-state index is -0.639. The summed E-state index contributed by atoms with van der Waals surface area (Å²) in [6.45, 7) is 11.1. The van der Waals surface area contributed by atoms with Crippen molar-refractivity contribution >= 4 is 0 Å². The van der Waals surface area contributed by atoms with Crippen LogP contribution in [0, 0.1) is 23.2 Å². The first-order valence-corrected chi connectivity index (χ1v) is 15.0. The molecule has 4 aliphatic rings. The molecule has 0 aliphatic heterocycles. The number of hydrogen-bond acceptors (Lipinski definition) is 4. The number of fused-ring (bicyclic) bond motifs is 1. The Bertz CT molecular complexity index is 1110. The molecular weight excluding hydrogens is 472 g/mol. The molecule has 1 aromatic heterocycles. The van der Waals surface area contributed by atoms with Crippen molar-refractivity contribution in [1.82, 2.24) is 9.97 Å². The van der Waals surface area contributed by atoms with Crippen molar-refractivity contribution in [3.8, 4) is 0 Å². The van der Waals surface area contributed by atoms with E-state index in [2.05, 4.69) is 61.6 Å². The molecule has 0 saturated heterocycles. The van der Waals surface area contributed by atoms with Crippen LogP contribution >= 0.6 is 0 Å². The van der Waals surface area contributed by atoms with Crippen LogP contribution < -0.4 is 0 Å². The second-order valence-corrected chi connectivity index (χ2v) is 13.0. The minimum Gasteiger partial charge on any atom is -0.393 e. The Morgan fingerprint density at radius 2 is 1.97 bits per heavy atom. The third-order valence-corrected chi connectivity index (χ3v) is 10.5. The Kier molecular flexibility index (Phi) is 7.92. The highest BCUT2D eigenvalue weighted by molar-refractivity contribution is 5.39. The number of H-pyrrole nitrogens is 1. The first-order chi connectivity index (χ1) is 18.2.